The van der Waals surface area contributed by atoms with Crippen molar-refractivity contribution >= 4 is 11.8 Å². The number of aromatic nitrogens is 1. The van der Waals surface area contributed by atoms with Crippen molar-refractivity contribution in [1.82, 2.24) is 14.8 Å². The number of hydrogen-bond donors (Lipinski definition) is 0. The zero-order valence-electron chi connectivity index (χ0n) is 17.8. The van der Waals surface area contributed by atoms with Gasteiger partial charge < -0.3 is 19.3 Å². The minimum Gasteiger partial charge on any atom is -0.384 e. The van der Waals surface area contributed by atoms with E-state index in [0.717, 1.165) is 16.7 Å². The number of nitrogens with zero attached hydrogens (tertiary/aromatic N) is 3. The average Bonchev–Trinajstić information content (AvgIpc) is 2.77. The van der Waals surface area contributed by atoms with Crippen molar-refractivity contribution in [3.8, 4) is 11.1 Å². The molecule has 1 aromatic carbocycles. The lowest BCUT2D eigenvalue weighted by Crippen LogP contribution is -2.61. The summed E-state index contributed by atoms with van der Waals surface area (Å²) in [6, 6.07) is 12.0. The Hall–Kier alpha value is -2.77. The van der Waals surface area contributed by atoms with Crippen LogP contribution in [0.3, 0.4) is 0 Å². The van der Waals surface area contributed by atoms with Crippen molar-refractivity contribution in [3.63, 3.8) is 0 Å². The molecule has 0 saturated carbocycles. The van der Waals surface area contributed by atoms with E-state index in [1.807, 2.05) is 30.3 Å². The molecular weight excluding hydrogens is 382 g/mol. The predicted octanol–water partition coefficient (Wildman–Crippen LogP) is 2.01. The number of amides is 2. The lowest BCUT2D eigenvalue weighted by molar-refractivity contribution is -0.172. The largest absolute Gasteiger partial charge is 0.384 e. The summed E-state index contributed by atoms with van der Waals surface area (Å²) in [7, 11) is 5.00. The molecule has 1 aliphatic rings. The van der Waals surface area contributed by atoms with Crippen molar-refractivity contribution < 1.29 is 19.1 Å². The number of carbonyl (C=O) groups is 2. The Morgan fingerprint density at radius 3 is 2.67 bits per heavy atom. The van der Waals surface area contributed by atoms with Crippen molar-refractivity contribution in [3.05, 3.63) is 54.4 Å². The van der Waals surface area contributed by atoms with E-state index in [0.29, 0.717) is 32.6 Å². The molecule has 160 valence electrons. The van der Waals surface area contributed by atoms with E-state index in [9.17, 15) is 9.59 Å². The van der Waals surface area contributed by atoms with Crippen molar-refractivity contribution in [2.75, 3.05) is 47.5 Å². The van der Waals surface area contributed by atoms with E-state index >= 15 is 0 Å². The molecule has 1 aromatic heterocycles. The summed E-state index contributed by atoms with van der Waals surface area (Å²) < 4.78 is 11.1. The molecule has 7 heteroatoms. The van der Waals surface area contributed by atoms with Gasteiger partial charge in [-0.2, -0.15) is 0 Å². The van der Waals surface area contributed by atoms with Crippen LogP contribution in [0.4, 0.5) is 0 Å². The number of carbonyl (C=O) groups excluding carboxylic acids is 2. The smallest absolute Gasteiger partial charge is 0.256 e. The number of hydrogen-bond acceptors (Lipinski definition) is 5. The van der Waals surface area contributed by atoms with E-state index in [2.05, 4.69) is 11.1 Å². The minimum atomic E-state index is -1.11. The zero-order valence-corrected chi connectivity index (χ0v) is 17.8. The van der Waals surface area contributed by atoms with Crippen molar-refractivity contribution in [2.24, 2.45) is 0 Å². The molecule has 3 rings (SSSR count). The van der Waals surface area contributed by atoms with Crippen LogP contribution in [0.15, 0.2) is 48.8 Å². The summed E-state index contributed by atoms with van der Waals surface area (Å²) >= 11 is 0. The average molecular weight is 412 g/mol. The molecule has 1 aliphatic heterocycles. The Labute approximate surface area is 177 Å². The molecule has 7 nitrogen and oxygen atoms in total. The highest BCUT2D eigenvalue weighted by Crippen LogP contribution is 2.28. The number of likely N-dealkylation sites (N-methyl/N-ethyl adjacent to an activating group) is 1. The molecule has 2 aromatic rings. The quantitative estimate of drug-likeness (QED) is 0.697. The highest BCUT2D eigenvalue weighted by atomic mass is 16.5. The van der Waals surface area contributed by atoms with Gasteiger partial charge in [0.2, 0.25) is 5.91 Å². The van der Waals surface area contributed by atoms with Gasteiger partial charge in [0.25, 0.3) is 5.91 Å². The first kappa shape index (κ1) is 21.9. The van der Waals surface area contributed by atoms with Crippen molar-refractivity contribution in [2.45, 2.75) is 18.4 Å². The third-order valence-corrected chi connectivity index (χ3v) is 5.28. The number of ether oxygens (including phenoxy) is 2. The van der Waals surface area contributed by atoms with Gasteiger partial charge >= 0.3 is 0 Å². The third-order valence-electron chi connectivity index (χ3n) is 5.28. The molecule has 0 N–H and O–H groups in total. The number of benzene rings is 1. The summed E-state index contributed by atoms with van der Waals surface area (Å²) in [5, 5.41) is 0. The molecule has 30 heavy (non-hydrogen) atoms. The Balaban J connectivity index is 1.88. The highest BCUT2D eigenvalue weighted by molar-refractivity contribution is 5.87. The van der Waals surface area contributed by atoms with Crippen LogP contribution in [-0.4, -0.2) is 79.7 Å². The predicted molar refractivity (Wildman–Crippen MR) is 114 cm³/mol. The SMILES string of the molecule is COCCC(=O)N1CCOC(Cc2cccc(-c3ccncc3)c2)(C(=O)N(C)C)C1. The molecule has 1 unspecified atom stereocenters. The normalized spacial score (nSPS) is 18.8. The fourth-order valence-corrected chi connectivity index (χ4v) is 3.80. The van der Waals surface area contributed by atoms with Gasteiger partial charge in [-0.25, -0.2) is 0 Å². The van der Waals surface area contributed by atoms with Gasteiger partial charge in [-0.05, 0) is 28.8 Å². The Morgan fingerprint density at radius 2 is 1.97 bits per heavy atom. The monoisotopic (exact) mass is 411 g/mol. The summed E-state index contributed by atoms with van der Waals surface area (Å²) in [4.78, 5) is 33.1. The van der Waals surface area contributed by atoms with Crippen LogP contribution in [0.2, 0.25) is 0 Å². The van der Waals surface area contributed by atoms with Crippen LogP contribution in [0.1, 0.15) is 12.0 Å². The third kappa shape index (κ3) is 5.04. The molecule has 1 saturated heterocycles. The van der Waals surface area contributed by atoms with Gasteiger partial charge in [0.15, 0.2) is 5.60 Å². The molecular formula is C23H29N3O4. The number of methoxy groups -OCH3 is 1. The summed E-state index contributed by atoms with van der Waals surface area (Å²) in [5.41, 5.74) is 1.97. The number of rotatable bonds is 7. The van der Waals surface area contributed by atoms with Crippen LogP contribution in [0.5, 0.6) is 0 Å². The topological polar surface area (TPSA) is 72.0 Å². The summed E-state index contributed by atoms with van der Waals surface area (Å²) in [5.74, 6) is -0.164. The molecule has 1 fully saturated rings. The lowest BCUT2D eigenvalue weighted by Gasteiger charge is -2.43. The molecule has 0 bridgehead atoms. The fraction of sp³-hybridized carbons (Fsp3) is 0.435. The summed E-state index contributed by atoms with van der Waals surface area (Å²) in [6.07, 6.45) is 4.19. The number of morpholine rings is 1. The first-order chi connectivity index (χ1) is 14.4. The maximum absolute atomic E-state index is 13.2. The first-order valence-corrected chi connectivity index (χ1v) is 10.1. The molecule has 2 amide bonds. The van der Waals surface area contributed by atoms with Gasteiger partial charge in [0.1, 0.15) is 0 Å². The molecule has 0 aliphatic carbocycles. The minimum absolute atomic E-state index is 0.0263. The standard InChI is InChI=1S/C23H29N3O4/c1-25(2)22(28)23(17-26(12-14-30-23)21(27)9-13-29-3)16-18-5-4-6-20(15-18)19-7-10-24-11-8-19/h4-8,10-11,15H,9,12-14,16-17H2,1-3H3. The van der Waals surface area contributed by atoms with Crippen molar-refractivity contribution in [1.29, 1.82) is 0 Å². The molecule has 0 spiro atoms. The fourth-order valence-electron chi connectivity index (χ4n) is 3.80. The van der Waals surface area contributed by atoms with Crippen LogP contribution < -0.4 is 0 Å². The van der Waals surface area contributed by atoms with Gasteiger partial charge in [-0.15, -0.1) is 0 Å². The van der Waals surface area contributed by atoms with E-state index < -0.39 is 5.60 Å². The van der Waals surface area contributed by atoms with E-state index in [-0.39, 0.29) is 18.4 Å². The lowest BCUT2D eigenvalue weighted by atomic mass is 9.89. The second kappa shape index (κ2) is 9.82. The van der Waals surface area contributed by atoms with E-state index in [1.54, 1.807) is 38.5 Å². The maximum Gasteiger partial charge on any atom is 0.256 e. The Bertz CT molecular complexity index is 872. The van der Waals surface area contributed by atoms with Crippen LogP contribution in [0.25, 0.3) is 11.1 Å². The van der Waals surface area contributed by atoms with Gasteiger partial charge in [-0.1, -0.05) is 24.3 Å². The Kier molecular flexibility index (Phi) is 7.18. The Morgan fingerprint density at radius 1 is 1.20 bits per heavy atom. The molecule has 1 atom stereocenters. The maximum atomic E-state index is 13.2. The second-order valence-electron chi connectivity index (χ2n) is 7.71. The van der Waals surface area contributed by atoms with E-state index in [1.165, 1.54) is 4.90 Å². The van der Waals surface area contributed by atoms with Crippen LogP contribution in [0, 0.1) is 0 Å². The second-order valence-corrected chi connectivity index (χ2v) is 7.71. The van der Waals surface area contributed by atoms with Gasteiger partial charge in [0, 0.05) is 46.6 Å². The highest BCUT2D eigenvalue weighted by Gasteiger charge is 2.45. The summed E-state index contributed by atoms with van der Waals surface area (Å²) in [6.45, 7) is 1.38. The molecule has 0 radical (unpaired) electrons. The first-order valence-electron chi connectivity index (χ1n) is 10.1. The van der Waals surface area contributed by atoms with Gasteiger partial charge in [0.05, 0.1) is 26.2 Å². The zero-order chi connectivity index (χ0) is 21.6. The van der Waals surface area contributed by atoms with Gasteiger partial charge in [-0.3, -0.25) is 14.6 Å². The van der Waals surface area contributed by atoms with Crippen LogP contribution in [-0.2, 0) is 25.5 Å². The molecule has 2 heterocycles. The van der Waals surface area contributed by atoms with Crippen LogP contribution >= 0.6 is 0 Å². The number of pyridine rings is 1. The van der Waals surface area contributed by atoms with E-state index in [4.69, 9.17) is 9.47 Å².